The monoisotopic (exact) mass is 152 g/mol. The second kappa shape index (κ2) is 4.36. The van der Waals surface area contributed by atoms with Gasteiger partial charge in [0, 0.05) is 6.42 Å². The molecule has 0 amide bonds. The van der Waals surface area contributed by atoms with Crippen LogP contribution in [0.4, 0.5) is 13.2 Å². The summed E-state index contributed by atoms with van der Waals surface area (Å²) in [6, 6.07) is 0. The fourth-order valence-electron chi connectivity index (χ4n) is 0.587. The van der Waals surface area contributed by atoms with Crippen LogP contribution in [0, 0.1) is 0 Å². The van der Waals surface area contributed by atoms with E-state index in [1.807, 2.05) is 0 Å². The Bertz CT molecular complexity index is 102. The first-order valence-electron chi connectivity index (χ1n) is 3.24. The highest BCUT2D eigenvalue weighted by Crippen LogP contribution is 2.22. The first-order chi connectivity index (χ1) is 4.56. The Morgan fingerprint density at radius 2 is 1.90 bits per heavy atom. The van der Waals surface area contributed by atoms with Gasteiger partial charge in [0.15, 0.2) is 0 Å². The van der Waals surface area contributed by atoms with Crippen LogP contribution < -0.4 is 0 Å². The van der Waals surface area contributed by atoms with Gasteiger partial charge in [0.05, 0.1) is 0 Å². The number of hydrogen-bond donors (Lipinski definition) is 0. The van der Waals surface area contributed by atoms with Crippen LogP contribution in [0.25, 0.3) is 0 Å². The molecule has 0 saturated carbocycles. The molecule has 0 unspecified atom stereocenters. The summed E-state index contributed by atoms with van der Waals surface area (Å²) in [5.74, 6) is 0. The van der Waals surface area contributed by atoms with Crippen LogP contribution >= 0.6 is 0 Å². The maximum atomic E-state index is 11.5. The molecule has 0 nitrogen and oxygen atoms in total. The average molecular weight is 152 g/mol. The summed E-state index contributed by atoms with van der Waals surface area (Å²) in [5, 5.41) is 0. The van der Waals surface area contributed by atoms with Crippen molar-refractivity contribution in [2.75, 3.05) is 0 Å². The van der Waals surface area contributed by atoms with Gasteiger partial charge in [-0.05, 0) is 19.8 Å². The molecule has 0 aromatic heterocycles. The van der Waals surface area contributed by atoms with E-state index in [4.69, 9.17) is 0 Å². The summed E-state index contributed by atoms with van der Waals surface area (Å²) in [6.07, 6.45) is -0.426. The third kappa shape index (κ3) is 7.53. The van der Waals surface area contributed by atoms with Crippen molar-refractivity contribution in [3.05, 3.63) is 12.2 Å². The van der Waals surface area contributed by atoms with E-state index in [0.717, 1.165) is 0 Å². The molecule has 0 rings (SSSR count). The van der Waals surface area contributed by atoms with Gasteiger partial charge in [0.2, 0.25) is 0 Å². The Morgan fingerprint density at radius 3 is 2.30 bits per heavy atom. The number of unbranched alkanes of at least 4 members (excludes halogenated alkanes) is 1. The molecular formula is C7H11F3. The normalized spacial score (nSPS) is 12.8. The van der Waals surface area contributed by atoms with Gasteiger partial charge in [-0.25, -0.2) is 0 Å². The highest BCUT2D eigenvalue weighted by molar-refractivity contribution is 4.76. The zero-order valence-electron chi connectivity index (χ0n) is 5.91. The molecule has 0 radical (unpaired) electrons. The lowest BCUT2D eigenvalue weighted by Gasteiger charge is -2.02. The third-order valence-electron chi connectivity index (χ3n) is 1.07. The Labute approximate surface area is 58.7 Å². The minimum absolute atomic E-state index is 0.202. The molecule has 0 saturated heterocycles. The molecule has 10 heavy (non-hydrogen) atoms. The van der Waals surface area contributed by atoms with E-state index in [1.54, 1.807) is 19.1 Å². The van der Waals surface area contributed by atoms with Crippen LogP contribution in [-0.2, 0) is 0 Å². The lowest BCUT2D eigenvalue weighted by Crippen LogP contribution is -2.05. The predicted octanol–water partition coefficient (Wildman–Crippen LogP) is 3.30. The second-order valence-corrected chi connectivity index (χ2v) is 2.08. The molecule has 0 fully saturated rings. The zero-order valence-corrected chi connectivity index (χ0v) is 5.91. The predicted molar refractivity (Wildman–Crippen MR) is 34.7 cm³/mol. The summed E-state index contributed by atoms with van der Waals surface area (Å²) in [5.41, 5.74) is 0. The van der Waals surface area contributed by atoms with Crippen molar-refractivity contribution in [1.82, 2.24) is 0 Å². The number of halogens is 3. The Hall–Kier alpha value is -0.470. The maximum absolute atomic E-state index is 11.5. The van der Waals surface area contributed by atoms with Gasteiger partial charge in [-0.3, -0.25) is 0 Å². The molecule has 0 bridgehead atoms. The highest BCUT2D eigenvalue weighted by atomic mass is 19.4. The van der Waals surface area contributed by atoms with Crippen molar-refractivity contribution < 1.29 is 13.2 Å². The molecule has 0 aromatic carbocycles. The fourth-order valence-corrected chi connectivity index (χ4v) is 0.587. The summed E-state index contributed by atoms with van der Waals surface area (Å²) in [6.45, 7) is 1.80. The van der Waals surface area contributed by atoms with E-state index < -0.39 is 12.6 Å². The number of hydrogen-bond acceptors (Lipinski definition) is 0. The summed E-state index contributed by atoms with van der Waals surface area (Å²) in [4.78, 5) is 0. The summed E-state index contributed by atoms with van der Waals surface area (Å²) < 4.78 is 34.4. The molecule has 60 valence electrons. The first-order valence-corrected chi connectivity index (χ1v) is 3.24. The minimum atomic E-state index is -3.98. The lowest BCUT2D eigenvalue weighted by atomic mass is 10.2. The molecule has 0 N–H and O–H groups in total. The van der Waals surface area contributed by atoms with Crippen LogP contribution in [0.5, 0.6) is 0 Å². The van der Waals surface area contributed by atoms with Crippen molar-refractivity contribution in [3.63, 3.8) is 0 Å². The van der Waals surface area contributed by atoms with Crippen molar-refractivity contribution in [2.24, 2.45) is 0 Å². The lowest BCUT2D eigenvalue weighted by molar-refractivity contribution is -0.135. The Balaban J connectivity index is 3.20. The number of alkyl halides is 3. The van der Waals surface area contributed by atoms with Crippen molar-refractivity contribution in [2.45, 2.75) is 32.4 Å². The largest absolute Gasteiger partial charge is 0.389 e. The zero-order chi connectivity index (χ0) is 8.04. The van der Waals surface area contributed by atoms with E-state index in [9.17, 15) is 13.2 Å². The van der Waals surface area contributed by atoms with Gasteiger partial charge in [-0.2, -0.15) is 13.2 Å². The molecule has 3 heteroatoms. The number of allylic oxidation sites excluding steroid dienone is 2. The highest BCUT2D eigenvalue weighted by Gasteiger charge is 2.25. The van der Waals surface area contributed by atoms with Crippen LogP contribution in [0.3, 0.4) is 0 Å². The molecule has 0 aliphatic carbocycles. The standard InChI is InChI=1S/C7H11F3/c1-2-3-4-5-6-7(8,9)10/h2-3H,4-6H2,1H3. The molecule has 0 aliphatic rings. The first kappa shape index (κ1) is 9.53. The molecule has 0 aromatic rings. The van der Waals surface area contributed by atoms with Crippen LogP contribution in [0.2, 0.25) is 0 Å². The van der Waals surface area contributed by atoms with Crippen molar-refractivity contribution in [3.8, 4) is 0 Å². The van der Waals surface area contributed by atoms with Crippen molar-refractivity contribution >= 4 is 0 Å². The topological polar surface area (TPSA) is 0 Å². The fraction of sp³-hybridized carbons (Fsp3) is 0.714. The van der Waals surface area contributed by atoms with Gasteiger partial charge in [-0.1, -0.05) is 12.2 Å². The van der Waals surface area contributed by atoms with E-state index in [-0.39, 0.29) is 6.42 Å². The van der Waals surface area contributed by atoms with Gasteiger partial charge in [0.1, 0.15) is 0 Å². The second-order valence-electron chi connectivity index (χ2n) is 2.08. The Kier molecular flexibility index (Phi) is 4.16. The van der Waals surface area contributed by atoms with Gasteiger partial charge in [-0.15, -0.1) is 0 Å². The Morgan fingerprint density at radius 1 is 1.30 bits per heavy atom. The minimum Gasteiger partial charge on any atom is -0.171 e. The van der Waals surface area contributed by atoms with E-state index in [1.165, 1.54) is 0 Å². The molecule has 0 atom stereocenters. The molecule has 0 aliphatic heterocycles. The van der Waals surface area contributed by atoms with E-state index >= 15 is 0 Å². The number of rotatable bonds is 3. The summed E-state index contributed by atoms with van der Waals surface area (Å²) >= 11 is 0. The third-order valence-corrected chi connectivity index (χ3v) is 1.07. The van der Waals surface area contributed by atoms with Crippen LogP contribution in [0.1, 0.15) is 26.2 Å². The summed E-state index contributed by atoms with van der Waals surface area (Å²) in [7, 11) is 0. The SMILES string of the molecule is CC=CCCCC(F)(F)F. The quantitative estimate of drug-likeness (QED) is 0.430. The van der Waals surface area contributed by atoms with Gasteiger partial charge >= 0.3 is 6.18 Å². The average Bonchev–Trinajstić information content (AvgIpc) is 1.78. The molecular weight excluding hydrogens is 141 g/mol. The van der Waals surface area contributed by atoms with Gasteiger partial charge < -0.3 is 0 Å². The smallest absolute Gasteiger partial charge is 0.171 e. The van der Waals surface area contributed by atoms with Crippen LogP contribution in [0.15, 0.2) is 12.2 Å². The molecule has 0 spiro atoms. The van der Waals surface area contributed by atoms with Gasteiger partial charge in [0.25, 0.3) is 0 Å². The van der Waals surface area contributed by atoms with Crippen LogP contribution in [-0.4, -0.2) is 6.18 Å². The van der Waals surface area contributed by atoms with E-state index in [0.29, 0.717) is 6.42 Å². The van der Waals surface area contributed by atoms with Crippen molar-refractivity contribution in [1.29, 1.82) is 0 Å². The maximum Gasteiger partial charge on any atom is 0.389 e. The van der Waals surface area contributed by atoms with E-state index in [2.05, 4.69) is 0 Å². The molecule has 0 heterocycles.